The second-order valence-electron chi connectivity index (χ2n) is 0.632. The minimum Gasteiger partial charge on any atom is -0.427 e. The molecule has 0 aromatic heterocycles. The van der Waals surface area contributed by atoms with Gasteiger partial charge in [0.05, 0.1) is 0 Å². The Kier molecular flexibility index (Phi) is 75.2. The molecular weight excluding hydrogens is 97.8 g/mol. The van der Waals surface area contributed by atoms with Gasteiger partial charge < -0.3 is 17.5 Å². The largest absolute Gasteiger partial charge is 1.00 e. The van der Waals surface area contributed by atoms with Crippen LogP contribution in [0.1, 0.15) is 13.8 Å². The molecule has 0 aliphatic heterocycles. The molecule has 8 heavy (non-hydrogen) atoms. The molecule has 0 rings (SSSR count). The molecule has 0 amide bonds. The fourth-order valence-corrected chi connectivity index (χ4v) is 0. The molecule has 0 fully saturated rings. The van der Waals surface area contributed by atoms with E-state index in [0.29, 0.717) is 0 Å². The average Bonchev–Trinajstić information content (AvgIpc) is 1.41. The summed E-state index contributed by atoms with van der Waals surface area (Å²) in [6.45, 7) is 5.28. The van der Waals surface area contributed by atoms with Gasteiger partial charge >= 0.3 is 26.0 Å². The third-order valence-corrected chi connectivity index (χ3v) is 0. The van der Waals surface area contributed by atoms with Gasteiger partial charge in [-0.05, 0) is 6.82 Å². The number of hydrogen-bond acceptors (Lipinski definition) is 2. The van der Waals surface area contributed by atoms with Gasteiger partial charge in [-0.3, -0.25) is 0 Å². The quantitative estimate of drug-likeness (QED) is 0.270. The first kappa shape index (κ1) is 23.5. The van der Waals surface area contributed by atoms with Gasteiger partial charge in [-0.2, -0.15) is 0 Å². The first-order valence-electron chi connectivity index (χ1n) is 2.09. The van der Waals surface area contributed by atoms with Crippen LogP contribution in [-0.2, 0) is 0 Å². The van der Waals surface area contributed by atoms with Gasteiger partial charge in [0, 0.05) is 0 Å². The van der Waals surface area contributed by atoms with E-state index in [0.717, 1.165) is 0 Å². The zero-order valence-electron chi connectivity index (χ0n) is 6.47. The fourth-order valence-electron chi connectivity index (χ4n) is 0. The Morgan fingerprint density at radius 1 is 1.12 bits per heavy atom. The van der Waals surface area contributed by atoms with Gasteiger partial charge in [-0.1, -0.05) is 13.8 Å². The van der Waals surface area contributed by atoms with E-state index in [4.69, 9.17) is 10.0 Å². The Balaban J connectivity index is -0.0000000183. The molecule has 0 aliphatic rings. The molecule has 46 valence electrons. The van der Waals surface area contributed by atoms with Crippen LogP contribution in [0.5, 0.6) is 0 Å². The van der Waals surface area contributed by atoms with Gasteiger partial charge in [0.1, 0.15) is 0 Å². The van der Waals surface area contributed by atoms with Crippen molar-refractivity contribution in [3.8, 4) is 0 Å². The molecule has 0 radical (unpaired) electrons. The van der Waals surface area contributed by atoms with Crippen molar-refractivity contribution < 1.29 is 28.9 Å². The number of rotatable bonds is 0. The maximum atomic E-state index is 7.61. The van der Waals surface area contributed by atoms with Crippen LogP contribution in [0.2, 0.25) is 6.82 Å². The molecule has 0 aromatic carbocycles. The molecule has 0 saturated heterocycles. The predicted molar refractivity (Wildman–Crippen MR) is 33.8 cm³/mol. The molecule has 0 heterocycles. The molecule has 0 spiro atoms. The van der Waals surface area contributed by atoms with Crippen LogP contribution >= 0.6 is 0 Å². The van der Waals surface area contributed by atoms with E-state index in [9.17, 15) is 0 Å². The topological polar surface area (TPSA) is 40.5 Å². The molecular formula is C4H14BLiO2. The van der Waals surface area contributed by atoms with Gasteiger partial charge in [-0.25, -0.2) is 0 Å². The molecule has 2 nitrogen and oxygen atoms in total. The van der Waals surface area contributed by atoms with Crippen molar-refractivity contribution in [1.29, 1.82) is 0 Å². The molecule has 0 bridgehead atoms. The Hall–Kier alpha value is 0.582. The smallest absolute Gasteiger partial charge is 0.427 e. The minimum atomic E-state index is -1.17. The van der Waals surface area contributed by atoms with Crippen molar-refractivity contribution in [1.82, 2.24) is 0 Å². The molecule has 0 saturated carbocycles. The van der Waals surface area contributed by atoms with Gasteiger partial charge in [-0.15, -0.1) is 0 Å². The Morgan fingerprint density at radius 3 is 1.12 bits per heavy atom. The van der Waals surface area contributed by atoms with Crippen LogP contribution in [0, 0.1) is 7.43 Å². The second kappa shape index (κ2) is 25.6. The van der Waals surface area contributed by atoms with Crippen LogP contribution in [0.4, 0.5) is 0 Å². The zero-order chi connectivity index (χ0) is 5.58. The maximum Gasteiger partial charge on any atom is 1.00 e. The molecule has 0 aromatic rings. The molecule has 4 heteroatoms. The van der Waals surface area contributed by atoms with Crippen molar-refractivity contribution in [2.24, 2.45) is 0 Å². The Morgan fingerprint density at radius 2 is 1.12 bits per heavy atom. The summed E-state index contributed by atoms with van der Waals surface area (Å²) < 4.78 is 0. The summed E-state index contributed by atoms with van der Waals surface area (Å²) in [4.78, 5) is 0. The van der Waals surface area contributed by atoms with Crippen molar-refractivity contribution in [2.75, 3.05) is 0 Å². The van der Waals surface area contributed by atoms with Crippen LogP contribution in [0.3, 0.4) is 0 Å². The SMILES string of the molecule is CB(O)O.CC.[CH3-].[Li+]. The first-order chi connectivity index (χ1) is 2.73. The van der Waals surface area contributed by atoms with Crippen molar-refractivity contribution in [3.05, 3.63) is 7.43 Å². The van der Waals surface area contributed by atoms with Crippen LogP contribution < -0.4 is 18.9 Å². The third kappa shape index (κ3) is 605. The van der Waals surface area contributed by atoms with E-state index in [1.807, 2.05) is 13.8 Å². The summed E-state index contributed by atoms with van der Waals surface area (Å²) in [5.41, 5.74) is 0. The maximum absolute atomic E-state index is 7.61. The Bertz CT molecular complexity index is 18.8. The standard InChI is InChI=1S/C2H6.CH5BO2.CH3.Li/c1-2;1-2(3)4;;/h1-2H3;3-4H,1H3;1H3;/q;;-1;+1. The average molecular weight is 112 g/mol. The summed E-state index contributed by atoms with van der Waals surface area (Å²) in [5.74, 6) is 0. The van der Waals surface area contributed by atoms with Gasteiger partial charge in [0.25, 0.3) is 0 Å². The van der Waals surface area contributed by atoms with Crippen LogP contribution in [0.25, 0.3) is 0 Å². The van der Waals surface area contributed by atoms with Crippen molar-refractivity contribution >= 4 is 7.12 Å². The summed E-state index contributed by atoms with van der Waals surface area (Å²) in [6, 6.07) is 0. The van der Waals surface area contributed by atoms with Crippen LogP contribution in [0.15, 0.2) is 0 Å². The Labute approximate surface area is 64.6 Å². The van der Waals surface area contributed by atoms with Crippen molar-refractivity contribution in [3.63, 3.8) is 0 Å². The summed E-state index contributed by atoms with van der Waals surface area (Å²) in [7, 11) is -1.17. The van der Waals surface area contributed by atoms with E-state index in [-0.39, 0.29) is 26.3 Å². The summed E-state index contributed by atoms with van der Waals surface area (Å²) >= 11 is 0. The van der Waals surface area contributed by atoms with E-state index in [1.54, 1.807) is 0 Å². The minimum absolute atomic E-state index is 0. The summed E-state index contributed by atoms with van der Waals surface area (Å²) in [6.07, 6.45) is 0. The fraction of sp³-hybridized carbons (Fsp3) is 0.750. The van der Waals surface area contributed by atoms with E-state index < -0.39 is 7.12 Å². The van der Waals surface area contributed by atoms with E-state index in [1.165, 1.54) is 6.82 Å². The monoisotopic (exact) mass is 112 g/mol. The second-order valence-corrected chi connectivity index (χ2v) is 0.632. The third-order valence-electron chi connectivity index (χ3n) is 0. The normalized spacial score (nSPS) is 4.12. The molecule has 0 atom stereocenters. The van der Waals surface area contributed by atoms with E-state index >= 15 is 0 Å². The zero-order valence-corrected chi connectivity index (χ0v) is 6.47. The molecule has 0 aliphatic carbocycles. The first-order valence-corrected chi connectivity index (χ1v) is 2.09. The van der Waals surface area contributed by atoms with Crippen LogP contribution in [-0.4, -0.2) is 17.2 Å². The molecule has 2 N–H and O–H groups in total. The van der Waals surface area contributed by atoms with Crippen molar-refractivity contribution in [2.45, 2.75) is 20.7 Å². The van der Waals surface area contributed by atoms with Gasteiger partial charge in [0.2, 0.25) is 0 Å². The molecule has 0 unspecified atom stereocenters. The predicted octanol–water partition coefficient (Wildman–Crippen LogP) is -2.43. The summed E-state index contributed by atoms with van der Waals surface area (Å²) in [5, 5.41) is 15.2. The van der Waals surface area contributed by atoms with Gasteiger partial charge in [0.15, 0.2) is 0 Å². The number of hydrogen-bond donors (Lipinski definition) is 2. The van der Waals surface area contributed by atoms with E-state index in [2.05, 4.69) is 0 Å².